The number of hydrogen-bond acceptors (Lipinski definition) is 6. The van der Waals surface area contributed by atoms with Crippen molar-refractivity contribution in [3.63, 3.8) is 0 Å². The van der Waals surface area contributed by atoms with Gasteiger partial charge in [0.2, 0.25) is 0 Å². The van der Waals surface area contributed by atoms with E-state index in [9.17, 15) is 0 Å². The maximum Gasteiger partial charge on any atom is 0.316 e. The summed E-state index contributed by atoms with van der Waals surface area (Å²) in [5.41, 5.74) is 1.88. The van der Waals surface area contributed by atoms with Gasteiger partial charge in [0.05, 0.1) is 12.7 Å². The van der Waals surface area contributed by atoms with Crippen LogP contribution in [0.4, 0.5) is 5.82 Å². The molecule has 23 heavy (non-hydrogen) atoms. The molecule has 1 fully saturated rings. The molecule has 0 N–H and O–H groups in total. The highest BCUT2D eigenvalue weighted by molar-refractivity contribution is 5.47. The van der Waals surface area contributed by atoms with Crippen molar-refractivity contribution < 1.29 is 4.74 Å². The zero-order valence-electron chi connectivity index (χ0n) is 13.0. The zero-order valence-corrected chi connectivity index (χ0v) is 13.0. The minimum atomic E-state index is 0.0781. The molecule has 1 saturated heterocycles. The summed E-state index contributed by atoms with van der Waals surface area (Å²) in [7, 11) is 0. The molecule has 3 aromatic rings. The van der Waals surface area contributed by atoms with E-state index in [-0.39, 0.29) is 6.10 Å². The quantitative estimate of drug-likeness (QED) is 0.736. The summed E-state index contributed by atoms with van der Waals surface area (Å²) in [6, 6.07) is 4.34. The minimum Gasteiger partial charge on any atom is -0.458 e. The monoisotopic (exact) mass is 310 g/mol. The molecule has 0 aliphatic carbocycles. The van der Waals surface area contributed by atoms with E-state index in [1.165, 1.54) is 0 Å². The zero-order chi connectivity index (χ0) is 15.6. The molecule has 1 aliphatic heterocycles. The Morgan fingerprint density at radius 3 is 2.96 bits per heavy atom. The molecule has 3 aromatic heterocycles. The van der Waals surface area contributed by atoms with Gasteiger partial charge in [-0.15, -0.1) is 0 Å². The lowest BCUT2D eigenvalue weighted by atomic mass is 10.1. The Morgan fingerprint density at radius 1 is 1.22 bits per heavy atom. The van der Waals surface area contributed by atoms with Gasteiger partial charge in [0.25, 0.3) is 0 Å². The van der Waals surface area contributed by atoms with Crippen molar-refractivity contribution in [2.24, 2.45) is 0 Å². The first-order valence-electron chi connectivity index (χ1n) is 7.78. The Hall–Kier alpha value is -2.70. The highest BCUT2D eigenvalue weighted by atomic mass is 16.5. The van der Waals surface area contributed by atoms with Crippen molar-refractivity contribution in [1.82, 2.24) is 24.6 Å². The predicted octanol–water partition coefficient (Wildman–Crippen LogP) is 1.88. The second-order valence-corrected chi connectivity index (χ2v) is 5.79. The van der Waals surface area contributed by atoms with E-state index in [4.69, 9.17) is 4.74 Å². The minimum absolute atomic E-state index is 0.0781. The van der Waals surface area contributed by atoms with Crippen LogP contribution in [0.15, 0.2) is 36.9 Å². The standard InChI is InChI=1S/C16H18N6O/c1-12-9-17-16(18-10-12)23-13-3-2-7-21(11-13)14-5-8-22-15(20-14)4-6-19-22/h4-6,8-10,13H,2-3,7,11H2,1H3. The lowest BCUT2D eigenvalue weighted by molar-refractivity contribution is 0.164. The number of aromatic nitrogens is 5. The molecule has 1 aliphatic rings. The number of piperidine rings is 1. The fourth-order valence-corrected chi connectivity index (χ4v) is 2.81. The molecule has 0 aromatic carbocycles. The van der Waals surface area contributed by atoms with Crippen LogP contribution in [-0.4, -0.2) is 43.8 Å². The molecule has 0 amide bonds. The van der Waals surface area contributed by atoms with Gasteiger partial charge in [-0.2, -0.15) is 5.10 Å². The van der Waals surface area contributed by atoms with Gasteiger partial charge in [-0.25, -0.2) is 19.5 Å². The average molecular weight is 310 g/mol. The lowest BCUT2D eigenvalue weighted by Gasteiger charge is -2.33. The number of nitrogens with zero attached hydrogens (tertiary/aromatic N) is 6. The van der Waals surface area contributed by atoms with Gasteiger partial charge in [-0.3, -0.25) is 0 Å². The summed E-state index contributed by atoms with van der Waals surface area (Å²) < 4.78 is 7.69. The summed E-state index contributed by atoms with van der Waals surface area (Å²) >= 11 is 0. The third-order valence-electron chi connectivity index (χ3n) is 3.97. The fraction of sp³-hybridized carbons (Fsp3) is 0.375. The van der Waals surface area contributed by atoms with Crippen LogP contribution in [0.2, 0.25) is 0 Å². The topological polar surface area (TPSA) is 68.4 Å². The second-order valence-electron chi connectivity index (χ2n) is 5.79. The highest BCUT2D eigenvalue weighted by Gasteiger charge is 2.23. The maximum absolute atomic E-state index is 5.93. The first kappa shape index (κ1) is 13.9. The van der Waals surface area contributed by atoms with E-state index in [2.05, 4.69) is 25.0 Å². The van der Waals surface area contributed by atoms with E-state index in [1.807, 2.05) is 25.3 Å². The molecule has 4 heterocycles. The Kier molecular flexibility index (Phi) is 3.53. The normalized spacial score (nSPS) is 18.3. The van der Waals surface area contributed by atoms with Crippen molar-refractivity contribution in [2.75, 3.05) is 18.0 Å². The fourth-order valence-electron chi connectivity index (χ4n) is 2.81. The average Bonchev–Trinajstić information content (AvgIpc) is 3.05. The number of hydrogen-bond donors (Lipinski definition) is 0. The number of rotatable bonds is 3. The Labute approximate surface area is 134 Å². The number of fused-ring (bicyclic) bond motifs is 1. The van der Waals surface area contributed by atoms with Gasteiger partial charge in [0, 0.05) is 31.2 Å². The van der Waals surface area contributed by atoms with E-state index < -0.39 is 0 Å². The van der Waals surface area contributed by atoms with Gasteiger partial charge in [-0.1, -0.05) is 0 Å². The maximum atomic E-state index is 5.93. The van der Waals surface area contributed by atoms with Gasteiger partial charge in [0.15, 0.2) is 5.65 Å². The van der Waals surface area contributed by atoms with Crippen LogP contribution in [0.5, 0.6) is 6.01 Å². The molecule has 0 radical (unpaired) electrons. The number of anilines is 1. The van der Waals surface area contributed by atoms with Gasteiger partial charge in [0.1, 0.15) is 11.9 Å². The van der Waals surface area contributed by atoms with E-state index in [0.29, 0.717) is 6.01 Å². The molecular formula is C16H18N6O. The SMILES string of the molecule is Cc1cnc(OC2CCCN(c3ccn4nccc4n3)C2)nc1. The van der Waals surface area contributed by atoms with Crippen molar-refractivity contribution in [2.45, 2.75) is 25.9 Å². The first-order chi connectivity index (χ1) is 11.3. The Morgan fingerprint density at radius 2 is 2.09 bits per heavy atom. The van der Waals surface area contributed by atoms with Crippen LogP contribution in [0.25, 0.3) is 5.65 Å². The Balaban J connectivity index is 1.48. The molecule has 0 saturated carbocycles. The van der Waals surface area contributed by atoms with Gasteiger partial charge < -0.3 is 9.64 Å². The summed E-state index contributed by atoms with van der Waals surface area (Å²) in [4.78, 5) is 15.3. The lowest BCUT2D eigenvalue weighted by Crippen LogP contribution is -2.41. The molecule has 7 heteroatoms. The van der Waals surface area contributed by atoms with Crippen molar-refractivity contribution in [1.29, 1.82) is 0 Å². The van der Waals surface area contributed by atoms with Crippen molar-refractivity contribution in [3.8, 4) is 6.01 Å². The molecule has 0 bridgehead atoms. The largest absolute Gasteiger partial charge is 0.458 e. The Bertz CT molecular complexity index is 800. The molecule has 4 rings (SSSR count). The van der Waals surface area contributed by atoms with Crippen LogP contribution in [0.3, 0.4) is 0 Å². The predicted molar refractivity (Wildman–Crippen MR) is 85.6 cm³/mol. The number of ether oxygens (including phenoxy) is 1. The molecule has 1 unspecified atom stereocenters. The van der Waals surface area contributed by atoms with Crippen molar-refractivity contribution >= 4 is 11.5 Å². The van der Waals surface area contributed by atoms with Gasteiger partial charge >= 0.3 is 6.01 Å². The second kappa shape index (κ2) is 5.83. The van der Waals surface area contributed by atoms with Crippen molar-refractivity contribution in [3.05, 3.63) is 42.5 Å². The summed E-state index contributed by atoms with van der Waals surface area (Å²) in [5.74, 6) is 0.955. The van der Waals surface area contributed by atoms with E-state index >= 15 is 0 Å². The summed E-state index contributed by atoms with van der Waals surface area (Å²) in [6.07, 6.45) is 9.38. The van der Waals surface area contributed by atoms with Crippen LogP contribution in [-0.2, 0) is 0 Å². The van der Waals surface area contributed by atoms with E-state index in [1.54, 1.807) is 23.1 Å². The first-order valence-corrected chi connectivity index (χ1v) is 7.78. The van der Waals surface area contributed by atoms with Crippen LogP contribution >= 0.6 is 0 Å². The summed E-state index contributed by atoms with van der Waals surface area (Å²) in [6.45, 7) is 3.73. The van der Waals surface area contributed by atoms with Crippen LogP contribution < -0.4 is 9.64 Å². The highest BCUT2D eigenvalue weighted by Crippen LogP contribution is 2.20. The number of aryl methyl sites for hydroxylation is 1. The third kappa shape index (κ3) is 2.94. The summed E-state index contributed by atoms with van der Waals surface area (Å²) in [5, 5.41) is 4.18. The van der Waals surface area contributed by atoms with E-state index in [0.717, 1.165) is 43.0 Å². The van der Waals surface area contributed by atoms with Crippen LogP contribution in [0, 0.1) is 6.92 Å². The van der Waals surface area contributed by atoms with Gasteiger partial charge in [-0.05, 0) is 31.4 Å². The molecule has 7 nitrogen and oxygen atoms in total. The van der Waals surface area contributed by atoms with Crippen LogP contribution in [0.1, 0.15) is 18.4 Å². The smallest absolute Gasteiger partial charge is 0.316 e. The molecule has 0 spiro atoms. The molecule has 118 valence electrons. The third-order valence-corrected chi connectivity index (χ3v) is 3.97. The molecular weight excluding hydrogens is 292 g/mol. The molecule has 1 atom stereocenters.